The molecule has 0 bridgehead atoms. The van der Waals surface area contributed by atoms with Gasteiger partial charge in [0.25, 0.3) is 0 Å². The number of rotatable bonds is 7. The van der Waals surface area contributed by atoms with Crippen LogP contribution in [0.2, 0.25) is 0 Å². The van der Waals surface area contributed by atoms with Gasteiger partial charge in [-0.1, -0.05) is 13.8 Å². The van der Waals surface area contributed by atoms with Crippen molar-refractivity contribution < 1.29 is 0 Å². The van der Waals surface area contributed by atoms with Gasteiger partial charge in [0.2, 0.25) is 0 Å². The van der Waals surface area contributed by atoms with Gasteiger partial charge in [-0.2, -0.15) is 0 Å². The van der Waals surface area contributed by atoms with Gasteiger partial charge in [0.1, 0.15) is 0 Å². The minimum Gasteiger partial charge on any atom is -0.345 e. The van der Waals surface area contributed by atoms with E-state index in [0.29, 0.717) is 0 Å². The van der Waals surface area contributed by atoms with Crippen molar-refractivity contribution in [2.75, 3.05) is 18.5 Å². The summed E-state index contributed by atoms with van der Waals surface area (Å²) in [6.07, 6.45) is 3.95. The van der Waals surface area contributed by atoms with Crippen LogP contribution in [0.5, 0.6) is 0 Å². The van der Waals surface area contributed by atoms with E-state index in [4.69, 9.17) is 4.98 Å². The Labute approximate surface area is 108 Å². The summed E-state index contributed by atoms with van der Waals surface area (Å²) in [7, 11) is 1.97. The summed E-state index contributed by atoms with van der Waals surface area (Å²) < 4.78 is 0. The fraction of sp³-hybridized carbons (Fsp3) is 0.769. The Balaban J connectivity index is 1.98. The van der Waals surface area contributed by atoms with Crippen molar-refractivity contribution in [3.05, 3.63) is 11.1 Å². The molecule has 17 heavy (non-hydrogen) atoms. The molecule has 2 rings (SSSR count). The molecule has 0 atom stereocenters. The Morgan fingerprint density at radius 3 is 2.88 bits per heavy atom. The molecule has 1 aliphatic carbocycles. The van der Waals surface area contributed by atoms with Gasteiger partial charge in [-0.05, 0) is 32.2 Å². The van der Waals surface area contributed by atoms with Gasteiger partial charge < -0.3 is 10.2 Å². The summed E-state index contributed by atoms with van der Waals surface area (Å²) in [6.45, 7) is 6.62. The Morgan fingerprint density at radius 1 is 1.53 bits per heavy atom. The van der Waals surface area contributed by atoms with Gasteiger partial charge in [-0.3, -0.25) is 0 Å². The highest BCUT2D eigenvalue weighted by molar-refractivity contribution is 7.13. The van der Waals surface area contributed by atoms with Crippen LogP contribution in [0, 0.1) is 5.92 Å². The van der Waals surface area contributed by atoms with E-state index in [-0.39, 0.29) is 0 Å². The van der Waals surface area contributed by atoms with E-state index in [1.54, 1.807) is 11.3 Å². The molecular weight excluding hydrogens is 230 g/mol. The number of nitrogens with one attached hydrogen (secondary N) is 1. The summed E-state index contributed by atoms with van der Waals surface area (Å²) in [6, 6.07) is 0.766. The average Bonchev–Trinajstić information content (AvgIpc) is 3.00. The molecular formula is C13H23N3S. The first-order valence-electron chi connectivity index (χ1n) is 6.56. The maximum atomic E-state index is 4.72. The molecule has 1 aromatic rings. The summed E-state index contributed by atoms with van der Waals surface area (Å²) >= 11 is 1.79. The van der Waals surface area contributed by atoms with Crippen molar-refractivity contribution in [1.82, 2.24) is 10.3 Å². The molecule has 0 unspecified atom stereocenters. The average molecular weight is 253 g/mol. The smallest absolute Gasteiger partial charge is 0.185 e. The number of anilines is 1. The molecule has 0 spiro atoms. The number of nitrogens with zero attached hydrogens (tertiary/aromatic N) is 2. The number of hydrogen-bond acceptors (Lipinski definition) is 4. The minimum absolute atomic E-state index is 0.766. The van der Waals surface area contributed by atoms with E-state index in [1.807, 2.05) is 7.05 Å². The molecule has 1 aromatic heterocycles. The highest BCUT2D eigenvalue weighted by Gasteiger charge is 2.30. The molecule has 96 valence electrons. The van der Waals surface area contributed by atoms with E-state index in [2.05, 4.69) is 29.4 Å². The quantitative estimate of drug-likeness (QED) is 0.810. The first-order chi connectivity index (χ1) is 8.20. The van der Waals surface area contributed by atoms with E-state index in [0.717, 1.165) is 25.0 Å². The third-order valence-electron chi connectivity index (χ3n) is 3.08. The van der Waals surface area contributed by atoms with Crippen molar-refractivity contribution in [2.24, 2.45) is 5.92 Å². The molecule has 1 heterocycles. The lowest BCUT2D eigenvalue weighted by atomic mass is 10.1. The van der Waals surface area contributed by atoms with Crippen LogP contribution >= 0.6 is 11.3 Å². The number of thiazole rings is 1. The third-order valence-corrected chi connectivity index (χ3v) is 4.00. The van der Waals surface area contributed by atoms with Gasteiger partial charge in [-0.15, -0.1) is 11.3 Å². The number of hydrogen-bond donors (Lipinski definition) is 1. The standard InChI is InChI=1S/C13H23N3S/c1-10(2)6-7-16(12-4-5-12)13-15-11(8-14-3)9-17-13/h9-10,12,14H,4-8H2,1-3H3. The summed E-state index contributed by atoms with van der Waals surface area (Å²) in [5.74, 6) is 0.771. The monoisotopic (exact) mass is 253 g/mol. The van der Waals surface area contributed by atoms with Crippen LogP contribution in [0.4, 0.5) is 5.13 Å². The second kappa shape index (κ2) is 5.83. The zero-order chi connectivity index (χ0) is 12.3. The van der Waals surface area contributed by atoms with E-state index in [1.165, 1.54) is 30.1 Å². The van der Waals surface area contributed by atoms with E-state index < -0.39 is 0 Å². The lowest BCUT2D eigenvalue weighted by molar-refractivity contribution is 0.570. The van der Waals surface area contributed by atoms with Gasteiger partial charge in [-0.25, -0.2) is 4.98 Å². The van der Waals surface area contributed by atoms with Crippen LogP contribution in [-0.4, -0.2) is 24.6 Å². The Bertz CT molecular complexity index is 344. The van der Waals surface area contributed by atoms with Gasteiger partial charge >= 0.3 is 0 Å². The number of aromatic nitrogens is 1. The third kappa shape index (κ3) is 3.68. The topological polar surface area (TPSA) is 28.2 Å². The van der Waals surface area contributed by atoms with Crippen LogP contribution in [-0.2, 0) is 6.54 Å². The van der Waals surface area contributed by atoms with Crippen molar-refractivity contribution in [3.63, 3.8) is 0 Å². The summed E-state index contributed by atoms with van der Waals surface area (Å²) in [5, 5.41) is 6.55. The zero-order valence-electron chi connectivity index (χ0n) is 11.1. The van der Waals surface area contributed by atoms with Gasteiger partial charge in [0.05, 0.1) is 5.69 Å². The summed E-state index contributed by atoms with van der Waals surface area (Å²) in [4.78, 5) is 7.24. The van der Waals surface area contributed by atoms with Crippen molar-refractivity contribution in [1.29, 1.82) is 0 Å². The van der Waals surface area contributed by atoms with E-state index in [9.17, 15) is 0 Å². The Hall–Kier alpha value is -0.610. The maximum Gasteiger partial charge on any atom is 0.185 e. The molecule has 1 fully saturated rings. The molecule has 1 saturated carbocycles. The fourth-order valence-corrected chi connectivity index (χ4v) is 2.83. The minimum atomic E-state index is 0.766. The maximum absolute atomic E-state index is 4.72. The molecule has 4 heteroatoms. The molecule has 0 aliphatic heterocycles. The summed E-state index contributed by atoms with van der Waals surface area (Å²) in [5.41, 5.74) is 1.17. The van der Waals surface area contributed by atoms with Crippen LogP contribution < -0.4 is 10.2 Å². The lowest BCUT2D eigenvalue weighted by Crippen LogP contribution is -2.27. The molecule has 3 nitrogen and oxygen atoms in total. The largest absolute Gasteiger partial charge is 0.345 e. The van der Waals surface area contributed by atoms with Crippen molar-refractivity contribution in [3.8, 4) is 0 Å². The van der Waals surface area contributed by atoms with Gasteiger partial charge in [0, 0.05) is 24.5 Å². The molecule has 0 saturated heterocycles. The van der Waals surface area contributed by atoms with Crippen molar-refractivity contribution >= 4 is 16.5 Å². The molecule has 1 aliphatic rings. The molecule has 0 radical (unpaired) electrons. The lowest BCUT2D eigenvalue weighted by Gasteiger charge is -2.22. The second-order valence-corrected chi connectivity index (χ2v) is 6.10. The SMILES string of the molecule is CNCc1csc(N(CCC(C)C)C2CC2)n1. The van der Waals surface area contributed by atoms with Gasteiger partial charge in [0.15, 0.2) is 5.13 Å². The first-order valence-corrected chi connectivity index (χ1v) is 7.44. The Kier molecular flexibility index (Phi) is 4.40. The zero-order valence-corrected chi connectivity index (χ0v) is 11.9. The van der Waals surface area contributed by atoms with E-state index >= 15 is 0 Å². The molecule has 1 N–H and O–H groups in total. The second-order valence-electron chi connectivity index (χ2n) is 5.26. The predicted molar refractivity (Wildman–Crippen MR) is 74.7 cm³/mol. The van der Waals surface area contributed by atoms with Crippen LogP contribution in [0.25, 0.3) is 0 Å². The highest BCUT2D eigenvalue weighted by atomic mass is 32.1. The van der Waals surface area contributed by atoms with Crippen LogP contribution in [0.3, 0.4) is 0 Å². The molecule has 0 amide bonds. The normalized spacial score (nSPS) is 15.5. The van der Waals surface area contributed by atoms with Crippen molar-refractivity contribution in [2.45, 2.75) is 45.7 Å². The molecule has 0 aromatic carbocycles. The predicted octanol–water partition coefficient (Wildman–Crippen LogP) is 2.88. The fourth-order valence-electron chi connectivity index (χ4n) is 1.91. The van der Waals surface area contributed by atoms with Crippen LogP contribution in [0.15, 0.2) is 5.38 Å². The first kappa shape index (κ1) is 12.8. The highest BCUT2D eigenvalue weighted by Crippen LogP contribution is 2.33. The van der Waals surface area contributed by atoms with Crippen LogP contribution in [0.1, 0.15) is 38.8 Å². The Morgan fingerprint density at radius 2 is 2.29 bits per heavy atom.